The van der Waals surface area contributed by atoms with Crippen molar-refractivity contribution in [2.75, 3.05) is 6.61 Å². The second-order valence-electron chi connectivity index (χ2n) is 3.10. The van der Waals surface area contributed by atoms with E-state index in [1.807, 2.05) is 0 Å². The zero-order valence-corrected chi connectivity index (χ0v) is 8.92. The van der Waals surface area contributed by atoms with E-state index < -0.39 is 0 Å². The smallest absolute Gasteiger partial charge is 0.524 e. The molecule has 0 spiro atoms. The Labute approximate surface area is 82.5 Å². The van der Waals surface area contributed by atoms with Crippen molar-refractivity contribution in [1.29, 1.82) is 0 Å². The fourth-order valence-corrected chi connectivity index (χ4v) is 1.03. The quantitative estimate of drug-likeness (QED) is 0.311. The van der Waals surface area contributed by atoms with Crippen LogP contribution in [0.4, 0.5) is 0 Å². The van der Waals surface area contributed by atoms with Gasteiger partial charge in [-0.2, -0.15) is 0 Å². The van der Waals surface area contributed by atoms with Crippen LogP contribution in [0.1, 0.15) is 39.5 Å². The van der Waals surface area contributed by atoms with Gasteiger partial charge in [0, 0.05) is 6.61 Å². The number of hydrogen-bond donors (Lipinski definition) is 0. The van der Waals surface area contributed by atoms with Crippen LogP contribution in [0.15, 0.2) is 12.8 Å². The van der Waals surface area contributed by atoms with E-state index in [4.69, 9.17) is 9.31 Å². The molecule has 0 unspecified atom stereocenters. The first-order valence-electron chi connectivity index (χ1n) is 5.23. The summed E-state index contributed by atoms with van der Waals surface area (Å²) in [7, 11) is -0.0796. The lowest BCUT2D eigenvalue weighted by atomic mass is 9.82. The molecule has 0 aliphatic rings. The van der Waals surface area contributed by atoms with Gasteiger partial charge in [0.25, 0.3) is 0 Å². The number of rotatable bonds is 9. The third-order valence-electron chi connectivity index (χ3n) is 1.84. The van der Waals surface area contributed by atoms with Gasteiger partial charge in [0.05, 0.1) is 6.26 Å². The van der Waals surface area contributed by atoms with Gasteiger partial charge in [0.1, 0.15) is 0 Å². The van der Waals surface area contributed by atoms with E-state index in [1.54, 1.807) is 0 Å². The Hall–Kier alpha value is -0.435. The van der Waals surface area contributed by atoms with Crippen LogP contribution in [0.5, 0.6) is 0 Å². The lowest BCUT2D eigenvalue weighted by Gasteiger charge is -2.11. The van der Waals surface area contributed by atoms with Gasteiger partial charge >= 0.3 is 7.12 Å². The van der Waals surface area contributed by atoms with Gasteiger partial charge in [-0.15, -0.1) is 0 Å². The molecule has 0 atom stereocenters. The van der Waals surface area contributed by atoms with Crippen molar-refractivity contribution in [2.45, 2.75) is 45.9 Å². The lowest BCUT2D eigenvalue weighted by Crippen LogP contribution is -2.20. The summed E-state index contributed by atoms with van der Waals surface area (Å²) in [5, 5.41) is 0. The molecule has 0 N–H and O–H groups in total. The molecule has 76 valence electrons. The average Bonchev–Trinajstić information content (AvgIpc) is 2.14. The second-order valence-corrected chi connectivity index (χ2v) is 3.10. The molecular weight excluding hydrogens is 163 g/mol. The SMILES string of the molecule is C=COB(CCCC)OCCCC. The first-order valence-corrected chi connectivity index (χ1v) is 5.23. The summed E-state index contributed by atoms with van der Waals surface area (Å²) in [5.41, 5.74) is 0. The van der Waals surface area contributed by atoms with E-state index in [2.05, 4.69) is 20.4 Å². The molecule has 0 rings (SSSR count). The maximum atomic E-state index is 5.53. The summed E-state index contributed by atoms with van der Waals surface area (Å²) >= 11 is 0. The van der Waals surface area contributed by atoms with Crippen LogP contribution < -0.4 is 0 Å². The van der Waals surface area contributed by atoms with Crippen LogP contribution in [0, 0.1) is 0 Å². The minimum absolute atomic E-state index is 0.0796. The minimum Gasteiger partial charge on any atom is -0.542 e. The standard InChI is InChI=1S/C10H21BO2/c1-4-7-9-11(12-6-3)13-10-8-5-2/h6H,3-5,7-10H2,1-2H3. The monoisotopic (exact) mass is 184 g/mol. The van der Waals surface area contributed by atoms with Crippen molar-refractivity contribution in [2.24, 2.45) is 0 Å². The maximum absolute atomic E-state index is 5.53. The van der Waals surface area contributed by atoms with Gasteiger partial charge in [0.15, 0.2) is 0 Å². The van der Waals surface area contributed by atoms with E-state index >= 15 is 0 Å². The molecule has 13 heavy (non-hydrogen) atoms. The zero-order valence-electron chi connectivity index (χ0n) is 8.92. The Morgan fingerprint density at radius 3 is 2.46 bits per heavy atom. The van der Waals surface area contributed by atoms with Crippen molar-refractivity contribution >= 4 is 7.12 Å². The van der Waals surface area contributed by atoms with E-state index in [-0.39, 0.29) is 7.12 Å². The molecule has 0 saturated heterocycles. The minimum atomic E-state index is -0.0796. The van der Waals surface area contributed by atoms with E-state index in [1.165, 1.54) is 12.7 Å². The Morgan fingerprint density at radius 2 is 1.92 bits per heavy atom. The number of unbranched alkanes of at least 4 members (excludes halogenated alkanes) is 2. The van der Waals surface area contributed by atoms with Gasteiger partial charge < -0.3 is 9.31 Å². The second kappa shape index (κ2) is 9.65. The van der Waals surface area contributed by atoms with Crippen LogP contribution in [-0.2, 0) is 9.31 Å². The fraction of sp³-hybridized carbons (Fsp3) is 0.800. The Kier molecular flexibility index (Phi) is 9.33. The van der Waals surface area contributed by atoms with Gasteiger partial charge in [-0.05, 0) is 12.7 Å². The number of hydrogen-bond acceptors (Lipinski definition) is 2. The molecule has 0 aliphatic heterocycles. The highest BCUT2D eigenvalue weighted by Gasteiger charge is 2.16. The molecule has 0 aromatic rings. The summed E-state index contributed by atoms with van der Waals surface area (Å²) in [6.45, 7) is 8.64. The fourth-order valence-electron chi connectivity index (χ4n) is 1.03. The molecule has 0 heterocycles. The summed E-state index contributed by atoms with van der Waals surface area (Å²) < 4.78 is 10.8. The molecule has 0 amide bonds. The van der Waals surface area contributed by atoms with Gasteiger partial charge in [-0.1, -0.05) is 39.7 Å². The zero-order chi connectivity index (χ0) is 9.94. The molecule has 0 aliphatic carbocycles. The predicted molar refractivity (Wildman–Crippen MR) is 57.6 cm³/mol. The molecule has 2 nitrogen and oxygen atoms in total. The largest absolute Gasteiger partial charge is 0.542 e. The molecule has 3 heteroatoms. The Morgan fingerprint density at radius 1 is 1.23 bits per heavy atom. The van der Waals surface area contributed by atoms with Crippen LogP contribution in [-0.4, -0.2) is 13.7 Å². The van der Waals surface area contributed by atoms with E-state index in [0.717, 1.165) is 32.2 Å². The van der Waals surface area contributed by atoms with Crippen molar-refractivity contribution in [3.63, 3.8) is 0 Å². The molecule has 0 aromatic carbocycles. The Balaban J connectivity index is 3.47. The summed E-state index contributed by atoms with van der Waals surface area (Å²) in [4.78, 5) is 0. The summed E-state index contributed by atoms with van der Waals surface area (Å²) in [5.74, 6) is 0. The van der Waals surface area contributed by atoms with Gasteiger partial charge in [-0.25, -0.2) is 0 Å². The molecule has 0 bridgehead atoms. The van der Waals surface area contributed by atoms with Crippen molar-refractivity contribution < 1.29 is 9.31 Å². The van der Waals surface area contributed by atoms with Crippen LogP contribution in [0.25, 0.3) is 0 Å². The Bertz CT molecular complexity index is 117. The maximum Gasteiger partial charge on any atom is 0.524 e. The summed E-state index contributed by atoms with van der Waals surface area (Å²) in [6, 6.07) is 0. The molecule has 0 fully saturated rings. The molecular formula is C10H21BO2. The third kappa shape index (κ3) is 7.91. The lowest BCUT2D eigenvalue weighted by molar-refractivity contribution is 0.242. The van der Waals surface area contributed by atoms with Crippen molar-refractivity contribution in [1.82, 2.24) is 0 Å². The van der Waals surface area contributed by atoms with E-state index in [9.17, 15) is 0 Å². The highest BCUT2D eigenvalue weighted by Crippen LogP contribution is 2.05. The normalized spacial score (nSPS) is 9.69. The highest BCUT2D eigenvalue weighted by molar-refractivity contribution is 6.44. The van der Waals surface area contributed by atoms with E-state index in [0.29, 0.717) is 0 Å². The van der Waals surface area contributed by atoms with Gasteiger partial charge in [-0.3, -0.25) is 0 Å². The van der Waals surface area contributed by atoms with Crippen LogP contribution in [0.3, 0.4) is 0 Å². The molecule has 0 aromatic heterocycles. The first-order chi connectivity index (χ1) is 6.35. The first kappa shape index (κ1) is 12.6. The predicted octanol–water partition coefficient (Wildman–Crippen LogP) is 3.25. The van der Waals surface area contributed by atoms with Crippen LogP contribution in [0.2, 0.25) is 6.32 Å². The third-order valence-corrected chi connectivity index (χ3v) is 1.84. The topological polar surface area (TPSA) is 18.5 Å². The molecule has 0 radical (unpaired) electrons. The van der Waals surface area contributed by atoms with Gasteiger partial charge in [0.2, 0.25) is 0 Å². The van der Waals surface area contributed by atoms with Crippen LogP contribution >= 0.6 is 0 Å². The molecule has 0 saturated carbocycles. The van der Waals surface area contributed by atoms with Crippen molar-refractivity contribution in [3.05, 3.63) is 12.8 Å². The average molecular weight is 184 g/mol. The highest BCUT2D eigenvalue weighted by atomic mass is 16.6. The van der Waals surface area contributed by atoms with Crippen molar-refractivity contribution in [3.8, 4) is 0 Å². The summed E-state index contributed by atoms with van der Waals surface area (Å²) in [6.07, 6.45) is 7.01.